The van der Waals surface area contributed by atoms with Crippen LogP contribution in [0.4, 0.5) is 0 Å². The molecule has 110 valence electrons. The van der Waals surface area contributed by atoms with Crippen LogP contribution in [0.3, 0.4) is 0 Å². The summed E-state index contributed by atoms with van der Waals surface area (Å²) in [4.78, 5) is 0. The minimum absolute atomic E-state index is 0.140. The lowest BCUT2D eigenvalue weighted by molar-refractivity contribution is 0.300. The first-order valence-corrected chi connectivity index (χ1v) is 7.76. The van der Waals surface area contributed by atoms with Crippen LogP contribution < -0.4 is 14.8 Å². The van der Waals surface area contributed by atoms with Gasteiger partial charge in [-0.05, 0) is 31.3 Å². The molecule has 0 aliphatic carbocycles. The minimum Gasteiger partial charge on any atom is -0.496 e. The van der Waals surface area contributed by atoms with Gasteiger partial charge in [0.2, 0.25) is 0 Å². The van der Waals surface area contributed by atoms with Crippen LogP contribution in [0.1, 0.15) is 23.1 Å². The standard InChI is InChI=1S/C17H18BrNO2/c1-19-17(13-9-11(18)7-8-15(13)20-2)14-10-21-16-6-4-3-5-12(14)16/h3-9,14,17,19H,10H2,1-2H3. The molecule has 21 heavy (non-hydrogen) atoms. The fourth-order valence-electron chi connectivity index (χ4n) is 2.99. The number of rotatable bonds is 4. The second kappa shape index (κ2) is 6.08. The molecule has 3 nitrogen and oxygen atoms in total. The van der Waals surface area contributed by atoms with Crippen molar-refractivity contribution in [2.24, 2.45) is 0 Å². The number of hydrogen-bond donors (Lipinski definition) is 1. The third-order valence-corrected chi connectivity index (χ3v) is 4.47. The van der Waals surface area contributed by atoms with Gasteiger partial charge in [0.25, 0.3) is 0 Å². The number of methoxy groups -OCH3 is 1. The van der Waals surface area contributed by atoms with Crippen molar-refractivity contribution in [2.75, 3.05) is 20.8 Å². The zero-order valence-corrected chi connectivity index (χ0v) is 13.7. The molecule has 1 aliphatic rings. The molecule has 1 aliphatic heterocycles. The maximum atomic E-state index is 5.83. The highest BCUT2D eigenvalue weighted by molar-refractivity contribution is 9.10. The van der Waals surface area contributed by atoms with Crippen molar-refractivity contribution in [1.29, 1.82) is 0 Å². The van der Waals surface area contributed by atoms with Crippen molar-refractivity contribution in [3.63, 3.8) is 0 Å². The van der Waals surface area contributed by atoms with Crippen LogP contribution in [0.5, 0.6) is 11.5 Å². The van der Waals surface area contributed by atoms with E-state index in [2.05, 4.69) is 39.4 Å². The molecule has 0 saturated heterocycles. The predicted octanol–water partition coefficient (Wildman–Crippen LogP) is 3.89. The number of nitrogens with one attached hydrogen (secondary N) is 1. The van der Waals surface area contributed by atoms with Crippen molar-refractivity contribution in [3.8, 4) is 11.5 Å². The van der Waals surface area contributed by atoms with E-state index in [0.717, 1.165) is 21.5 Å². The van der Waals surface area contributed by atoms with Gasteiger partial charge in [-0.2, -0.15) is 0 Å². The third kappa shape index (κ3) is 2.65. The van der Waals surface area contributed by atoms with Gasteiger partial charge in [0.15, 0.2) is 0 Å². The first-order chi connectivity index (χ1) is 10.2. The Hall–Kier alpha value is -1.52. The average molecular weight is 348 g/mol. The molecule has 4 heteroatoms. The maximum absolute atomic E-state index is 5.83. The topological polar surface area (TPSA) is 30.5 Å². The van der Waals surface area contributed by atoms with Gasteiger partial charge in [0.1, 0.15) is 11.5 Å². The molecule has 0 spiro atoms. The van der Waals surface area contributed by atoms with Gasteiger partial charge in [-0.15, -0.1) is 0 Å². The van der Waals surface area contributed by atoms with E-state index in [0.29, 0.717) is 6.61 Å². The molecule has 2 atom stereocenters. The number of likely N-dealkylation sites (N-methyl/N-ethyl adjacent to an activating group) is 1. The Bertz CT molecular complexity index is 644. The van der Waals surface area contributed by atoms with Gasteiger partial charge in [0, 0.05) is 27.6 Å². The van der Waals surface area contributed by atoms with Gasteiger partial charge in [0.05, 0.1) is 13.7 Å². The average Bonchev–Trinajstić information content (AvgIpc) is 2.93. The van der Waals surface area contributed by atoms with E-state index in [-0.39, 0.29) is 12.0 Å². The molecule has 0 bridgehead atoms. The number of fused-ring (bicyclic) bond motifs is 1. The predicted molar refractivity (Wildman–Crippen MR) is 87.2 cm³/mol. The Morgan fingerprint density at radius 3 is 2.86 bits per heavy atom. The van der Waals surface area contributed by atoms with Crippen molar-refractivity contribution in [2.45, 2.75) is 12.0 Å². The van der Waals surface area contributed by atoms with E-state index in [1.807, 2.05) is 31.3 Å². The van der Waals surface area contributed by atoms with Crippen LogP contribution in [0.15, 0.2) is 46.9 Å². The molecule has 2 aromatic carbocycles. The monoisotopic (exact) mass is 347 g/mol. The Morgan fingerprint density at radius 2 is 2.10 bits per heavy atom. The Morgan fingerprint density at radius 1 is 1.29 bits per heavy atom. The summed E-state index contributed by atoms with van der Waals surface area (Å²) < 4.78 is 12.4. The first kappa shape index (κ1) is 14.4. The molecule has 0 radical (unpaired) electrons. The summed E-state index contributed by atoms with van der Waals surface area (Å²) in [6, 6.07) is 14.5. The Labute approximate surface area is 133 Å². The normalized spacial score (nSPS) is 18.0. The lowest BCUT2D eigenvalue weighted by Gasteiger charge is -2.25. The zero-order valence-electron chi connectivity index (χ0n) is 12.1. The fourth-order valence-corrected chi connectivity index (χ4v) is 3.36. The molecule has 2 aromatic rings. The van der Waals surface area contributed by atoms with E-state index in [1.54, 1.807) is 7.11 Å². The van der Waals surface area contributed by atoms with E-state index in [1.165, 1.54) is 5.56 Å². The third-order valence-electron chi connectivity index (χ3n) is 3.98. The lowest BCUT2D eigenvalue weighted by Crippen LogP contribution is -2.25. The molecule has 0 fully saturated rings. The van der Waals surface area contributed by atoms with Crippen molar-refractivity contribution >= 4 is 15.9 Å². The highest BCUT2D eigenvalue weighted by Crippen LogP contribution is 2.43. The molecule has 1 N–H and O–H groups in total. The van der Waals surface area contributed by atoms with E-state index in [9.17, 15) is 0 Å². The summed E-state index contributed by atoms with van der Waals surface area (Å²) in [7, 11) is 3.69. The van der Waals surface area contributed by atoms with Crippen molar-refractivity contribution in [3.05, 3.63) is 58.1 Å². The summed E-state index contributed by atoms with van der Waals surface area (Å²) in [5.74, 6) is 2.15. The molecule has 0 saturated carbocycles. The fraction of sp³-hybridized carbons (Fsp3) is 0.294. The summed E-state index contributed by atoms with van der Waals surface area (Å²) >= 11 is 3.55. The molecule has 3 rings (SSSR count). The Kier molecular flexibility index (Phi) is 4.17. The van der Waals surface area contributed by atoms with E-state index in [4.69, 9.17) is 9.47 Å². The van der Waals surface area contributed by atoms with Crippen LogP contribution in [-0.2, 0) is 0 Å². The largest absolute Gasteiger partial charge is 0.496 e. The number of halogens is 1. The van der Waals surface area contributed by atoms with Gasteiger partial charge in [-0.3, -0.25) is 0 Å². The van der Waals surface area contributed by atoms with E-state index < -0.39 is 0 Å². The van der Waals surface area contributed by atoms with Gasteiger partial charge in [-0.1, -0.05) is 34.1 Å². The lowest BCUT2D eigenvalue weighted by atomic mass is 9.88. The second-order valence-corrected chi connectivity index (χ2v) is 6.02. The summed E-state index contributed by atoms with van der Waals surface area (Å²) in [6.45, 7) is 0.681. The quantitative estimate of drug-likeness (QED) is 0.909. The van der Waals surface area contributed by atoms with E-state index >= 15 is 0 Å². The van der Waals surface area contributed by atoms with Crippen molar-refractivity contribution in [1.82, 2.24) is 5.32 Å². The molecule has 2 unspecified atom stereocenters. The van der Waals surface area contributed by atoms with Crippen LogP contribution in [0, 0.1) is 0 Å². The molecule has 0 aromatic heterocycles. The number of benzene rings is 2. The molecule has 0 amide bonds. The van der Waals surface area contributed by atoms with Crippen molar-refractivity contribution < 1.29 is 9.47 Å². The summed E-state index contributed by atoms with van der Waals surface area (Å²) in [6.07, 6.45) is 0. The first-order valence-electron chi connectivity index (χ1n) is 6.97. The van der Waals surface area contributed by atoms with Crippen LogP contribution in [-0.4, -0.2) is 20.8 Å². The minimum atomic E-state index is 0.140. The second-order valence-electron chi connectivity index (χ2n) is 5.11. The number of para-hydroxylation sites is 1. The van der Waals surface area contributed by atoms with Crippen LogP contribution >= 0.6 is 15.9 Å². The highest BCUT2D eigenvalue weighted by Gasteiger charge is 2.32. The SMILES string of the molecule is CNC(c1cc(Br)ccc1OC)C1COc2ccccc21. The van der Waals surface area contributed by atoms with Crippen LogP contribution in [0.25, 0.3) is 0 Å². The van der Waals surface area contributed by atoms with Gasteiger partial charge in [-0.25, -0.2) is 0 Å². The molecular weight excluding hydrogens is 330 g/mol. The maximum Gasteiger partial charge on any atom is 0.123 e. The Balaban J connectivity index is 2.02. The molecular formula is C17H18BrNO2. The zero-order chi connectivity index (χ0) is 14.8. The van der Waals surface area contributed by atoms with Crippen LogP contribution in [0.2, 0.25) is 0 Å². The van der Waals surface area contributed by atoms with Gasteiger partial charge < -0.3 is 14.8 Å². The number of hydrogen-bond acceptors (Lipinski definition) is 3. The summed E-state index contributed by atoms with van der Waals surface area (Å²) in [5, 5.41) is 3.42. The smallest absolute Gasteiger partial charge is 0.123 e. The highest BCUT2D eigenvalue weighted by atomic mass is 79.9. The number of ether oxygens (including phenoxy) is 2. The molecule has 1 heterocycles. The summed E-state index contributed by atoms with van der Waals surface area (Å²) in [5.41, 5.74) is 2.39. The van der Waals surface area contributed by atoms with Gasteiger partial charge >= 0.3 is 0 Å².